The molecule has 25 heavy (non-hydrogen) atoms. The summed E-state index contributed by atoms with van der Waals surface area (Å²) in [6.45, 7) is 4.63. The smallest absolute Gasteiger partial charge is 0.178 e. The van der Waals surface area contributed by atoms with Gasteiger partial charge in [-0.1, -0.05) is 18.2 Å². The van der Waals surface area contributed by atoms with Crippen molar-refractivity contribution >= 4 is 26.7 Å². The number of fused-ring (bicyclic) bond motifs is 1. The normalized spacial score (nSPS) is 11.9. The molecule has 3 rings (SSSR count). The zero-order valence-electron chi connectivity index (χ0n) is 14.4. The molecule has 0 unspecified atom stereocenters. The van der Waals surface area contributed by atoms with E-state index in [-0.39, 0.29) is 5.75 Å². The van der Waals surface area contributed by atoms with Gasteiger partial charge in [0, 0.05) is 12.2 Å². The third kappa shape index (κ3) is 3.51. The van der Waals surface area contributed by atoms with Crippen molar-refractivity contribution < 1.29 is 8.42 Å². The fourth-order valence-corrected chi connectivity index (χ4v) is 4.33. The van der Waals surface area contributed by atoms with E-state index >= 15 is 0 Å². The van der Waals surface area contributed by atoms with Crippen LogP contribution in [-0.4, -0.2) is 28.7 Å². The van der Waals surface area contributed by atoms with Crippen LogP contribution in [0.3, 0.4) is 0 Å². The standard InChI is InChI=1S/C18H22N4O2S/c1-13-14(2)21-18(19)16-17(13)22(12-20-16)10-6-7-11-25(23,24)15-8-4-3-5-9-15/h3-5,8-9,12H,6-7,10-11H2,1-2H3,(H2,19,21). The van der Waals surface area contributed by atoms with Gasteiger partial charge >= 0.3 is 0 Å². The van der Waals surface area contributed by atoms with E-state index in [0.717, 1.165) is 23.2 Å². The topological polar surface area (TPSA) is 90.9 Å². The molecular formula is C18H22N4O2S. The van der Waals surface area contributed by atoms with E-state index in [9.17, 15) is 8.42 Å². The molecule has 0 saturated carbocycles. The van der Waals surface area contributed by atoms with E-state index in [2.05, 4.69) is 9.97 Å². The molecule has 3 aromatic rings. The Balaban J connectivity index is 1.68. The minimum absolute atomic E-state index is 0.144. The number of hydrogen-bond donors (Lipinski definition) is 1. The number of nitrogens with zero attached hydrogens (tertiary/aromatic N) is 3. The number of nitrogens with two attached hydrogens (primary N) is 1. The number of unbranched alkanes of at least 4 members (excludes halogenated alkanes) is 1. The zero-order chi connectivity index (χ0) is 18.0. The minimum atomic E-state index is -3.22. The molecule has 6 nitrogen and oxygen atoms in total. The number of sulfone groups is 1. The lowest BCUT2D eigenvalue weighted by atomic mass is 10.2. The summed E-state index contributed by atoms with van der Waals surface area (Å²) in [5.74, 6) is 0.578. The van der Waals surface area contributed by atoms with Crippen LogP contribution in [0.5, 0.6) is 0 Å². The Labute approximate surface area is 147 Å². The first-order chi connectivity index (χ1) is 11.9. The van der Waals surface area contributed by atoms with Crippen LogP contribution in [0.1, 0.15) is 24.1 Å². The second-order valence-electron chi connectivity index (χ2n) is 6.18. The maximum Gasteiger partial charge on any atom is 0.178 e. The lowest BCUT2D eigenvalue weighted by Gasteiger charge is -2.09. The van der Waals surface area contributed by atoms with E-state index < -0.39 is 9.84 Å². The van der Waals surface area contributed by atoms with Crippen LogP contribution in [0.2, 0.25) is 0 Å². The Morgan fingerprint density at radius 1 is 1.12 bits per heavy atom. The molecular weight excluding hydrogens is 336 g/mol. The summed E-state index contributed by atoms with van der Waals surface area (Å²) in [5, 5.41) is 0. The predicted octanol–water partition coefficient (Wildman–Crippen LogP) is 2.88. The number of rotatable bonds is 6. The maximum absolute atomic E-state index is 12.3. The highest BCUT2D eigenvalue weighted by molar-refractivity contribution is 7.91. The largest absolute Gasteiger partial charge is 0.382 e. The molecule has 2 heterocycles. The first-order valence-corrected chi connectivity index (χ1v) is 9.90. The summed E-state index contributed by atoms with van der Waals surface area (Å²) in [7, 11) is -3.22. The molecule has 0 aliphatic carbocycles. The lowest BCUT2D eigenvalue weighted by Crippen LogP contribution is -2.08. The average molecular weight is 358 g/mol. The highest BCUT2D eigenvalue weighted by Gasteiger charge is 2.15. The van der Waals surface area contributed by atoms with Gasteiger partial charge in [-0.05, 0) is 44.4 Å². The van der Waals surface area contributed by atoms with Crippen LogP contribution in [0.15, 0.2) is 41.6 Å². The highest BCUT2D eigenvalue weighted by atomic mass is 32.2. The average Bonchev–Trinajstić information content (AvgIpc) is 3.02. The molecule has 0 aliphatic rings. The third-order valence-electron chi connectivity index (χ3n) is 4.43. The maximum atomic E-state index is 12.3. The number of pyridine rings is 1. The van der Waals surface area contributed by atoms with E-state index in [4.69, 9.17) is 5.73 Å². The van der Waals surface area contributed by atoms with E-state index in [0.29, 0.717) is 29.2 Å². The Bertz CT molecular complexity index is 995. The Morgan fingerprint density at radius 3 is 2.56 bits per heavy atom. The molecule has 0 radical (unpaired) electrons. The monoisotopic (exact) mass is 358 g/mol. The summed E-state index contributed by atoms with van der Waals surface area (Å²) in [6, 6.07) is 8.58. The summed E-state index contributed by atoms with van der Waals surface area (Å²) >= 11 is 0. The van der Waals surface area contributed by atoms with Crippen LogP contribution in [0.4, 0.5) is 5.82 Å². The van der Waals surface area contributed by atoms with Gasteiger partial charge in [-0.2, -0.15) is 0 Å². The third-order valence-corrected chi connectivity index (χ3v) is 6.25. The molecule has 7 heteroatoms. The molecule has 0 atom stereocenters. The molecule has 0 aliphatic heterocycles. The Hall–Kier alpha value is -2.41. The summed E-state index contributed by atoms with van der Waals surface area (Å²) in [4.78, 5) is 9.03. The van der Waals surface area contributed by atoms with E-state index in [1.165, 1.54) is 0 Å². The lowest BCUT2D eigenvalue weighted by molar-refractivity contribution is 0.585. The predicted molar refractivity (Wildman–Crippen MR) is 99.1 cm³/mol. The highest BCUT2D eigenvalue weighted by Crippen LogP contribution is 2.24. The van der Waals surface area contributed by atoms with Gasteiger partial charge in [0.25, 0.3) is 0 Å². The van der Waals surface area contributed by atoms with Crippen molar-refractivity contribution in [3.8, 4) is 0 Å². The van der Waals surface area contributed by atoms with Gasteiger partial charge in [0.15, 0.2) is 15.7 Å². The number of nitrogen functional groups attached to an aromatic ring is 1. The van der Waals surface area contributed by atoms with Gasteiger partial charge in [0.05, 0.1) is 22.5 Å². The van der Waals surface area contributed by atoms with Crippen molar-refractivity contribution in [3.63, 3.8) is 0 Å². The van der Waals surface area contributed by atoms with Gasteiger partial charge in [-0.3, -0.25) is 0 Å². The zero-order valence-corrected chi connectivity index (χ0v) is 15.3. The summed E-state index contributed by atoms with van der Waals surface area (Å²) < 4.78 is 26.6. The fraction of sp³-hybridized carbons (Fsp3) is 0.333. The minimum Gasteiger partial charge on any atom is -0.382 e. The van der Waals surface area contributed by atoms with Gasteiger partial charge < -0.3 is 10.3 Å². The van der Waals surface area contributed by atoms with Gasteiger partial charge in [-0.25, -0.2) is 18.4 Å². The number of imidazole rings is 1. The van der Waals surface area contributed by atoms with E-state index in [1.807, 2.05) is 24.5 Å². The molecule has 0 amide bonds. The molecule has 0 spiro atoms. The summed E-state index contributed by atoms with van der Waals surface area (Å²) in [5.41, 5.74) is 9.58. The second kappa shape index (κ2) is 6.84. The first kappa shape index (κ1) is 17.4. The van der Waals surface area contributed by atoms with Crippen LogP contribution < -0.4 is 5.73 Å². The Kier molecular flexibility index (Phi) is 4.76. The van der Waals surface area contributed by atoms with Crippen LogP contribution >= 0.6 is 0 Å². The number of aryl methyl sites for hydroxylation is 3. The van der Waals surface area contributed by atoms with Crippen molar-refractivity contribution in [1.29, 1.82) is 0 Å². The number of anilines is 1. The number of aromatic nitrogens is 3. The van der Waals surface area contributed by atoms with Crippen LogP contribution in [0, 0.1) is 13.8 Å². The Morgan fingerprint density at radius 2 is 1.84 bits per heavy atom. The van der Waals surface area contributed by atoms with Crippen molar-refractivity contribution in [3.05, 3.63) is 47.9 Å². The van der Waals surface area contributed by atoms with Crippen LogP contribution in [0.25, 0.3) is 11.0 Å². The van der Waals surface area contributed by atoms with Crippen molar-refractivity contribution in [1.82, 2.24) is 14.5 Å². The quantitative estimate of drug-likeness (QED) is 0.684. The van der Waals surface area contributed by atoms with Gasteiger partial charge in [-0.15, -0.1) is 0 Å². The molecule has 0 bridgehead atoms. The van der Waals surface area contributed by atoms with E-state index in [1.54, 1.807) is 30.6 Å². The summed E-state index contributed by atoms with van der Waals surface area (Å²) in [6.07, 6.45) is 3.09. The number of benzene rings is 1. The molecule has 132 valence electrons. The van der Waals surface area contributed by atoms with Crippen LogP contribution in [-0.2, 0) is 16.4 Å². The van der Waals surface area contributed by atoms with Crippen molar-refractivity contribution in [2.24, 2.45) is 0 Å². The molecule has 0 fully saturated rings. The molecule has 0 saturated heterocycles. The number of hydrogen-bond acceptors (Lipinski definition) is 5. The van der Waals surface area contributed by atoms with Gasteiger partial charge in [0.2, 0.25) is 0 Å². The molecule has 1 aromatic carbocycles. The first-order valence-electron chi connectivity index (χ1n) is 8.25. The second-order valence-corrected chi connectivity index (χ2v) is 8.29. The fourth-order valence-electron chi connectivity index (χ4n) is 2.94. The molecule has 2 N–H and O–H groups in total. The van der Waals surface area contributed by atoms with Crippen molar-refractivity contribution in [2.45, 2.75) is 38.1 Å². The SMILES string of the molecule is Cc1nc(N)c2ncn(CCCCS(=O)(=O)c3ccccc3)c2c1C. The molecule has 2 aromatic heterocycles. The van der Waals surface area contributed by atoms with Crippen molar-refractivity contribution in [2.75, 3.05) is 11.5 Å². The van der Waals surface area contributed by atoms with Gasteiger partial charge in [0.1, 0.15) is 5.52 Å².